The molecule has 0 aromatic rings. The molecule has 0 radical (unpaired) electrons. The summed E-state index contributed by atoms with van der Waals surface area (Å²) in [6, 6.07) is 0. The number of hydrogen-bond donors (Lipinski definition) is 0. The molecule has 0 aliphatic rings. The monoisotopic (exact) mass is 240 g/mol. The Labute approximate surface area is 106 Å². The van der Waals surface area contributed by atoms with Gasteiger partial charge in [0.05, 0.1) is 6.42 Å². The Hall–Kier alpha value is -0.660. The van der Waals surface area contributed by atoms with Gasteiger partial charge in [0.25, 0.3) is 0 Å². The smallest absolute Gasteiger partial charge is 0.146 e. The van der Waals surface area contributed by atoms with E-state index >= 15 is 0 Å². The van der Waals surface area contributed by atoms with E-state index in [0.717, 1.165) is 25.7 Å². The molecular formula is C15H28O2. The topological polar surface area (TPSA) is 34.1 Å². The van der Waals surface area contributed by atoms with Gasteiger partial charge in [0.2, 0.25) is 0 Å². The zero-order valence-electron chi connectivity index (χ0n) is 12.4. The Bertz CT molecular complexity index is 243. The van der Waals surface area contributed by atoms with E-state index in [-0.39, 0.29) is 28.8 Å². The van der Waals surface area contributed by atoms with Crippen LogP contribution in [0.3, 0.4) is 0 Å². The molecule has 0 unspecified atom stereocenters. The van der Waals surface area contributed by atoms with Gasteiger partial charge in [-0.1, -0.05) is 41.5 Å². The average Bonchev–Trinajstić information content (AvgIpc) is 2.36. The van der Waals surface area contributed by atoms with Gasteiger partial charge in [0.1, 0.15) is 11.6 Å². The second-order valence-electron chi connectivity index (χ2n) is 5.56. The zero-order valence-corrected chi connectivity index (χ0v) is 12.4. The molecule has 0 fully saturated rings. The van der Waals surface area contributed by atoms with Crippen molar-refractivity contribution in [2.75, 3.05) is 0 Å². The van der Waals surface area contributed by atoms with E-state index in [9.17, 15) is 9.59 Å². The molecule has 0 N–H and O–H groups in total. The summed E-state index contributed by atoms with van der Waals surface area (Å²) < 4.78 is 0. The maximum atomic E-state index is 12.2. The quantitative estimate of drug-likeness (QED) is 0.597. The van der Waals surface area contributed by atoms with Crippen LogP contribution in [0, 0.1) is 10.8 Å². The number of rotatable bonds is 8. The van der Waals surface area contributed by atoms with Crippen LogP contribution in [-0.4, -0.2) is 11.6 Å². The summed E-state index contributed by atoms with van der Waals surface area (Å²) >= 11 is 0. The van der Waals surface area contributed by atoms with Crippen LogP contribution in [0.5, 0.6) is 0 Å². The van der Waals surface area contributed by atoms with E-state index in [4.69, 9.17) is 0 Å². The predicted octanol–water partition coefficient (Wildman–Crippen LogP) is 4.17. The Kier molecular flexibility index (Phi) is 6.08. The molecule has 17 heavy (non-hydrogen) atoms. The predicted molar refractivity (Wildman–Crippen MR) is 72.0 cm³/mol. The van der Waals surface area contributed by atoms with Crippen molar-refractivity contribution < 1.29 is 9.59 Å². The van der Waals surface area contributed by atoms with Gasteiger partial charge in [0.15, 0.2) is 0 Å². The summed E-state index contributed by atoms with van der Waals surface area (Å²) in [5.74, 6) is 0.223. The van der Waals surface area contributed by atoms with E-state index < -0.39 is 0 Å². The minimum absolute atomic E-state index is 0.107. The number of ketones is 2. The summed E-state index contributed by atoms with van der Waals surface area (Å²) in [5, 5.41) is 0. The maximum absolute atomic E-state index is 12.2. The molecule has 0 aromatic heterocycles. The van der Waals surface area contributed by atoms with Gasteiger partial charge in [-0.05, 0) is 25.7 Å². The van der Waals surface area contributed by atoms with Crippen molar-refractivity contribution in [1.82, 2.24) is 0 Å². The van der Waals surface area contributed by atoms with Crippen molar-refractivity contribution in [2.24, 2.45) is 10.8 Å². The molecule has 0 rings (SSSR count). The second-order valence-corrected chi connectivity index (χ2v) is 5.56. The van der Waals surface area contributed by atoms with Gasteiger partial charge in [-0.15, -0.1) is 0 Å². The van der Waals surface area contributed by atoms with Crippen LogP contribution in [0.2, 0.25) is 0 Å². The highest BCUT2D eigenvalue weighted by atomic mass is 16.2. The minimum Gasteiger partial charge on any atom is -0.299 e. The first-order chi connectivity index (χ1) is 7.79. The summed E-state index contributed by atoms with van der Waals surface area (Å²) in [6.45, 7) is 12.0. The molecule has 0 heterocycles. The molecule has 0 spiro atoms. The third kappa shape index (κ3) is 3.65. The van der Waals surface area contributed by atoms with Gasteiger partial charge in [-0.3, -0.25) is 9.59 Å². The lowest BCUT2D eigenvalue weighted by atomic mass is 9.73. The average molecular weight is 240 g/mol. The van der Waals surface area contributed by atoms with Crippen molar-refractivity contribution in [2.45, 2.75) is 73.6 Å². The van der Waals surface area contributed by atoms with E-state index in [2.05, 4.69) is 0 Å². The van der Waals surface area contributed by atoms with E-state index in [1.54, 1.807) is 0 Å². The first-order valence-electron chi connectivity index (χ1n) is 6.86. The normalized spacial score (nSPS) is 12.6. The number of hydrogen-bond acceptors (Lipinski definition) is 2. The molecule has 0 atom stereocenters. The second kappa shape index (κ2) is 6.32. The standard InChI is InChI=1S/C15H28O2/c1-7-14(5,8-2)12(16)11-13(17)15(6,9-3)10-4/h7-11H2,1-6H3. The molecule has 100 valence electrons. The highest BCUT2D eigenvalue weighted by molar-refractivity contribution is 6.03. The summed E-state index contributed by atoms with van der Waals surface area (Å²) in [7, 11) is 0. The Morgan fingerprint density at radius 1 is 0.706 bits per heavy atom. The molecule has 0 saturated heterocycles. The highest BCUT2D eigenvalue weighted by Gasteiger charge is 2.35. The molecule has 0 saturated carbocycles. The highest BCUT2D eigenvalue weighted by Crippen LogP contribution is 2.32. The van der Waals surface area contributed by atoms with Gasteiger partial charge in [-0.25, -0.2) is 0 Å². The lowest BCUT2D eigenvalue weighted by Gasteiger charge is -2.29. The van der Waals surface area contributed by atoms with Gasteiger partial charge < -0.3 is 0 Å². The zero-order chi connectivity index (χ0) is 13.7. The third-order valence-corrected chi connectivity index (χ3v) is 4.79. The number of carbonyl (C=O) groups excluding carboxylic acids is 2. The van der Waals surface area contributed by atoms with E-state index in [0.29, 0.717) is 0 Å². The van der Waals surface area contributed by atoms with E-state index in [1.165, 1.54) is 0 Å². The first kappa shape index (κ1) is 16.3. The van der Waals surface area contributed by atoms with Crippen molar-refractivity contribution in [3.8, 4) is 0 Å². The summed E-state index contributed by atoms with van der Waals surface area (Å²) in [6.07, 6.45) is 3.35. The van der Waals surface area contributed by atoms with Crippen LogP contribution in [-0.2, 0) is 9.59 Å². The number of carbonyl (C=O) groups is 2. The van der Waals surface area contributed by atoms with Crippen LogP contribution >= 0.6 is 0 Å². The fraction of sp³-hybridized carbons (Fsp3) is 0.867. The van der Waals surface area contributed by atoms with Crippen molar-refractivity contribution in [3.05, 3.63) is 0 Å². The molecule has 0 aromatic carbocycles. The van der Waals surface area contributed by atoms with Crippen molar-refractivity contribution >= 4 is 11.6 Å². The van der Waals surface area contributed by atoms with Gasteiger partial charge in [-0.2, -0.15) is 0 Å². The Morgan fingerprint density at radius 2 is 0.941 bits per heavy atom. The van der Waals surface area contributed by atoms with Gasteiger partial charge >= 0.3 is 0 Å². The van der Waals surface area contributed by atoms with Crippen LogP contribution in [0.4, 0.5) is 0 Å². The van der Waals surface area contributed by atoms with Crippen molar-refractivity contribution in [1.29, 1.82) is 0 Å². The van der Waals surface area contributed by atoms with Crippen LogP contribution in [0.25, 0.3) is 0 Å². The molecular weight excluding hydrogens is 212 g/mol. The summed E-state index contributed by atoms with van der Waals surface area (Å²) in [4.78, 5) is 24.4. The fourth-order valence-corrected chi connectivity index (χ4v) is 1.86. The number of Topliss-reactive ketones (excluding diaryl/α,β-unsaturated/α-hetero) is 2. The van der Waals surface area contributed by atoms with Crippen LogP contribution in [0.15, 0.2) is 0 Å². The van der Waals surface area contributed by atoms with Gasteiger partial charge in [0, 0.05) is 10.8 Å². The SMILES string of the molecule is CCC(C)(CC)C(=O)CC(=O)C(C)(CC)CC. The summed E-state index contributed by atoms with van der Waals surface area (Å²) in [5.41, 5.74) is -0.643. The maximum Gasteiger partial charge on any atom is 0.146 e. The Morgan fingerprint density at radius 3 is 1.12 bits per heavy atom. The van der Waals surface area contributed by atoms with Crippen molar-refractivity contribution in [3.63, 3.8) is 0 Å². The lowest BCUT2D eigenvalue weighted by molar-refractivity contribution is -0.137. The minimum atomic E-state index is -0.321. The van der Waals surface area contributed by atoms with Crippen LogP contribution in [0.1, 0.15) is 73.6 Å². The fourth-order valence-electron chi connectivity index (χ4n) is 1.86. The lowest BCUT2D eigenvalue weighted by Crippen LogP contribution is -2.34. The molecule has 2 heteroatoms. The molecule has 0 amide bonds. The first-order valence-corrected chi connectivity index (χ1v) is 6.86. The molecule has 0 aliphatic heterocycles. The molecule has 0 bridgehead atoms. The largest absolute Gasteiger partial charge is 0.299 e. The molecule has 2 nitrogen and oxygen atoms in total. The van der Waals surface area contributed by atoms with E-state index in [1.807, 2.05) is 41.5 Å². The molecule has 0 aliphatic carbocycles. The Balaban J connectivity index is 4.76. The third-order valence-electron chi connectivity index (χ3n) is 4.79. The van der Waals surface area contributed by atoms with Crippen LogP contribution < -0.4 is 0 Å².